The third-order valence-electron chi connectivity index (χ3n) is 2.91. The molecule has 0 atom stereocenters. The Morgan fingerprint density at radius 1 is 1.44 bits per heavy atom. The van der Waals surface area contributed by atoms with Crippen molar-refractivity contribution in [3.8, 4) is 11.4 Å². The van der Waals surface area contributed by atoms with Crippen molar-refractivity contribution >= 4 is 11.5 Å². The Kier molecular flexibility index (Phi) is 2.19. The molecule has 0 unspecified atom stereocenters. The lowest BCUT2D eigenvalue weighted by atomic mass is 10.3. The summed E-state index contributed by atoms with van der Waals surface area (Å²) in [7, 11) is 0. The first-order valence-corrected chi connectivity index (χ1v) is 5.58. The molecule has 7 heteroatoms. The van der Waals surface area contributed by atoms with E-state index < -0.39 is 0 Å². The molecular weight excluding hydrogens is 232 g/mol. The summed E-state index contributed by atoms with van der Waals surface area (Å²) in [5.41, 5.74) is 7.79. The molecule has 92 valence electrons. The fourth-order valence-corrected chi connectivity index (χ4v) is 2.02. The van der Waals surface area contributed by atoms with Crippen LogP contribution in [-0.2, 0) is 6.54 Å². The lowest BCUT2D eigenvalue weighted by Crippen LogP contribution is -2.16. The normalized spacial score (nSPS) is 11.2. The van der Waals surface area contributed by atoms with E-state index in [1.165, 1.54) is 4.57 Å². The third-order valence-corrected chi connectivity index (χ3v) is 2.91. The molecule has 0 aliphatic carbocycles. The number of nitrogens with two attached hydrogens (primary N) is 1. The zero-order chi connectivity index (χ0) is 12.7. The molecule has 0 amide bonds. The molecule has 0 saturated heterocycles. The van der Waals surface area contributed by atoms with Gasteiger partial charge in [0.15, 0.2) is 5.65 Å². The van der Waals surface area contributed by atoms with Gasteiger partial charge in [0.05, 0.1) is 18.1 Å². The minimum absolute atomic E-state index is 0.214. The molecule has 0 spiro atoms. The van der Waals surface area contributed by atoms with E-state index >= 15 is 0 Å². The number of anilines is 1. The lowest BCUT2D eigenvalue weighted by molar-refractivity contribution is 0.739. The van der Waals surface area contributed by atoms with Crippen LogP contribution in [0.25, 0.3) is 17.0 Å². The fourth-order valence-electron chi connectivity index (χ4n) is 2.02. The highest BCUT2D eigenvalue weighted by Gasteiger charge is 2.15. The van der Waals surface area contributed by atoms with E-state index in [-0.39, 0.29) is 5.69 Å². The number of hydrogen-bond acceptors (Lipinski definition) is 4. The molecule has 3 aromatic heterocycles. The Hall–Kier alpha value is -2.57. The summed E-state index contributed by atoms with van der Waals surface area (Å²) < 4.78 is 3.31. The zero-order valence-electron chi connectivity index (χ0n) is 9.79. The van der Waals surface area contributed by atoms with Gasteiger partial charge < -0.3 is 10.7 Å². The van der Waals surface area contributed by atoms with Crippen LogP contribution in [0.3, 0.4) is 0 Å². The van der Waals surface area contributed by atoms with E-state index in [9.17, 15) is 4.79 Å². The fraction of sp³-hybridized carbons (Fsp3) is 0.182. The molecule has 7 nitrogen and oxygen atoms in total. The molecule has 0 aliphatic heterocycles. The van der Waals surface area contributed by atoms with E-state index in [4.69, 9.17) is 5.73 Å². The topological polar surface area (TPSA) is 94.0 Å². The monoisotopic (exact) mass is 244 g/mol. The first kappa shape index (κ1) is 10.6. The van der Waals surface area contributed by atoms with Crippen LogP contribution in [0.4, 0.5) is 5.82 Å². The summed E-state index contributed by atoms with van der Waals surface area (Å²) in [6.45, 7) is 2.40. The van der Waals surface area contributed by atoms with Crippen LogP contribution in [0.5, 0.6) is 0 Å². The Morgan fingerprint density at radius 3 is 3.00 bits per heavy atom. The maximum atomic E-state index is 11.7. The number of rotatable bonds is 2. The standard InChI is InChI=1S/C11H12N6O/c1-2-16-10(12)9(15-11(16)18)7-5-14-8-6-13-3-4-17(7)8/h3-6H,2,12H2,1H3,(H,15,18). The van der Waals surface area contributed by atoms with Crippen molar-refractivity contribution < 1.29 is 0 Å². The highest BCUT2D eigenvalue weighted by Crippen LogP contribution is 2.22. The van der Waals surface area contributed by atoms with Crippen LogP contribution in [0.15, 0.2) is 29.6 Å². The highest BCUT2D eigenvalue weighted by molar-refractivity contribution is 5.69. The highest BCUT2D eigenvalue weighted by atomic mass is 16.1. The Morgan fingerprint density at radius 2 is 2.28 bits per heavy atom. The van der Waals surface area contributed by atoms with Gasteiger partial charge >= 0.3 is 5.69 Å². The van der Waals surface area contributed by atoms with Crippen molar-refractivity contribution in [1.29, 1.82) is 0 Å². The zero-order valence-corrected chi connectivity index (χ0v) is 9.79. The second-order valence-corrected chi connectivity index (χ2v) is 3.88. The Balaban J connectivity index is 2.30. The quantitative estimate of drug-likeness (QED) is 0.685. The average Bonchev–Trinajstić information content (AvgIpc) is 2.91. The number of hydrogen-bond donors (Lipinski definition) is 2. The summed E-state index contributed by atoms with van der Waals surface area (Å²) in [5.74, 6) is 0.418. The van der Waals surface area contributed by atoms with Crippen LogP contribution < -0.4 is 11.4 Å². The van der Waals surface area contributed by atoms with E-state index in [0.717, 1.165) is 5.69 Å². The third kappa shape index (κ3) is 1.33. The second kappa shape index (κ2) is 3.73. The number of aromatic amines is 1. The number of nitrogens with one attached hydrogen (secondary N) is 1. The summed E-state index contributed by atoms with van der Waals surface area (Å²) in [5, 5.41) is 0. The van der Waals surface area contributed by atoms with Crippen molar-refractivity contribution in [3.63, 3.8) is 0 Å². The van der Waals surface area contributed by atoms with Gasteiger partial charge in [-0.3, -0.25) is 14.0 Å². The molecule has 0 aliphatic rings. The van der Waals surface area contributed by atoms with Gasteiger partial charge in [0.1, 0.15) is 11.5 Å². The van der Waals surface area contributed by atoms with Gasteiger partial charge in [-0.15, -0.1) is 0 Å². The maximum Gasteiger partial charge on any atom is 0.327 e. The molecule has 0 radical (unpaired) electrons. The van der Waals surface area contributed by atoms with Gasteiger partial charge in [-0.05, 0) is 6.92 Å². The Bertz CT molecular complexity index is 765. The van der Waals surface area contributed by atoms with Crippen molar-refractivity contribution in [2.75, 3.05) is 5.73 Å². The van der Waals surface area contributed by atoms with E-state index in [1.54, 1.807) is 24.8 Å². The van der Waals surface area contributed by atoms with Crippen LogP contribution in [0, 0.1) is 0 Å². The van der Waals surface area contributed by atoms with Gasteiger partial charge in [0.25, 0.3) is 0 Å². The predicted molar refractivity (Wildman–Crippen MR) is 67.1 cm³/mol. The average molecular weight is 244 g/mol. The molecule has 0 aromatic carbocycles. The van der Waals surface area contributed by atoms with Gasteiger partial charge in [-0.25, -0.2) is 9.78 Å². The van der Waals surface area contributed by atoms with Crippen LogP contribution in [0.2, 0.25) is 0 Å². The molecule has 0 bridgehead atoms. The summed E-state index contributed by atoms with van der Waals surface area (Å²) >= 11 is 0. The first-order chi connectivity index (χ1) is 8.72. The summed E-state index contributed by atoms with van der Waals surface area (Å²) in [6, 6.07) is 0. The minimum atomic E-state index is -0.214. The van der Waals surface area contributed by atoms with E-state index in [1.807, 2.05) is 11.3 Å². The molecule has 0 fully saturated rings. The van der Waals surface area contributed by atoms with Crippen molar-refractivity contribution in [2.45, 2.75) is 13.5 Å². The van der Waals surface area contributed by atoms with E-state index in [0.29, 0.717) is 23.7 Å². The van der Waals surface area contributed by atoms with Crippen molar-refractivity contribution in [2.24, 2.45) is 0 Å². The first-order valence-electron chi connectivity index (χ1n) is 5.58. The van der Waals surface area contributed by atoms with Crippen LogP contribution >= 0.6 is 0 Å². The van der Waals surface area contributed by atoms with Gasteiger partial charge in [-0.2, -0.15) is 0 Å². The largest absolute Gasteiger partial charge is 0.383 e. The summed E-state index contributed by atoms with van der Waals surface area (Å²) in [4.78, 5) is 22.7. The molecule has 0 saturated carbocycles. The SMILES string of the molecule is CCn1c(N)c(-c2cnc3cnccn23)[nH]c1=O. The number of aromatic nitrogens is 5. The smallest absolute Gasteiger partial charge is 0.327 e. The molecule has 3 rings (SSSR count). The van der Waals surface area contributed by atoms with Gasteiger partial charge in [-0.1, -0.05) is 0 Å². The maximum absolute atomic E-state index is 11.7. The summed E-state index contributed by atoms with van der Waals surface area (Å²) in [6.07, 6.45) is 6.75. The molecule has 3 aromatic rings. The van der Waals surface area contributed by atoms with E-state index in [2.05, 4.69) is 15.0 Å². The van der Waals surface area contributed by atoms with Crippen LogP contribution in [-0.4, -0.2) is 23.9 Å². The Labute approximate surface area is 102 Å². The van der Waals surface area contributed by atoms with Gasteiger partial charge in [0, 0.05) is 18.9 Å². The van der Waals surface area contributed by atoms with Crippen LogP contribution in [0.1, 0.15) is 6.92 Å². The minimum Gasteiger partial charge on any atom is -0.383 e. The molecule has 3 N–H and O–H groups in total. The van der Waals surface area contributed by atoms with Crippen molar-refractivity contribution in [1.82, 2.24) is 23.9 Å². The number of nitrogens with zero attached hydrogens (tertiary/aromatic N) is 4. The lowest BCUT2D eigenvalue weighted by Gasteiger charge is -2.01. The second-order valence-electron chi connectivity index (χ2n) is 3.88. The molecule has 3 heterocycles. The number of nitrogen functional groups attached to an aromatic ring is 1. The number of fused-ring (bicyclic) bond motifs is 1. The number of imidazole rings is 2. The predicted octanol–water partition coefficient (Wildman–Crippen LogP) is 0.488. The van der Waals surface area contributed by atoms with Gasteiger partial charge in [0.2, 0.25) is 0 Å². The molecule has 18 heavy (non-hydrogen) atoms. The molecular formula is C11H12N6O. The van der Waals surface area contributed by atoms with Crippen molar-refractivity contribution in [3.05, 3.63) is 35.3 Å². The number of H-pyrrole nitrogens is 1.